The molecule has 3 nitrogen and oxygen atoms in total. The summed E-state index contributed by atoms with van der Waals surface area (Å²) in [6.07, 6.45) is 3.08. The molecule has 10 heavy (non-hydrogen) atoms. The Morgan fingerprint density at radius 1 is 1.40 bits per heavy atom. The highest BCUT2D eigenvalue weighted by atomic mass is 35.5. The van der Waals surface area contributed by atoms with Crippen LogP contribution in [-0.4, -0.2) is 11.3 Å². The van der Waals surface area contributed by atoms with Gasteiger partial charge in [-0.2, -0.15) is 0 Å². The molecule has 0 atom stereocenters. The molecule has 0 bridgehead atoms. The van der Waals surface area contributed by atoms with E-state index in [0.29, 0.717) is 10.8 Å². The third-order valence-electron chi connectivity index (χ3n) is 1.24. The highest BCUT2D eigenvalue weighted by Crippen LogP contribution is 2.33. The van der Waals surface area contributed by atoms with Crippen LogP contribution in [0, 0.1) is 0 Å². The van der Waals surface area contributed by atoms with Gasteiger partial charge in [0.25, 0.3) is 0 Å². The Balaban J connectivity index is 2.67. The third-order valence-corrected chi connectivity index (χ3v) is 1.52. The predicted octanol–water partition coefficient (Wildman–Crippen LogP) is 1.64. The fourth-order valence-electron chi connectivity index (χ4n) is 0.791. The van der Waals surface area contributed by atoms with E-state index >= 15 is 0 Å². The van der Waals surface area contributed by atoms with E-state index in [1.807, 2.05) is 0 Å². The Morgan fingerprint density at radius 3 is 3.10 bits per heavy atom. The van der Waals surface area contributed by atoms with Crippen LogP contribution in [0.2, 0.25) is 5.15 Å². The van der Waals surface area contributed by atoms with E-state index in [0.717, 1.165) is 5.69 Å². The summed E-state index contributed by atoms with van der Waals surface area (Å²) in [6.45, 7) is 0. The van der Waals surface area contributed by atoms with Gasteiger partial charge in [0, 0.05) is 6.20 Å². The van der Waals surface area contributed by atoms with Gasteiger partial charge in [-0.1, -0.05) is 11.6 Å². The van der Waals surface area contributed by atoms with Gasteiger partial charge in [0.1, 0.15) is 12.0 Å². The number of aromatic nitrogens is 1. The molecule has 1 aliphatic heterocycles. The van der Waals surface area contributed by atoms with Crippen LogP contribution in [0.4, 0.5) is 11.4 Å². The van der Waals surface area contributed by atoms with E-state index in [4.69, 9.17) is 11.6 Å². The van der Waals surface area contributed by atoms with Crippen LogP contribution in [0.3, 0.4) is 0 Å². The molecule has 0 aromatic carbocycles. The molecule has 0 aliphatic carbocycles. The average molecular weight is 153 g/mol. The van der Waals surface area contributed by atoms with Crippen LogP contribution < -0.4 is 5.32 Å². The summed E-state index contributed by atoms with van der Waals surface area (Å²) in [7, 11) is 0. The van der Waals surface area contributed by atoms with Gasteiger partial charge in [0.05, 0.1) is 5.69 Å². The third kappa shape index (κ3) is 0.675. The van der Waals surface area contributed by atoms with Crippen molar-refractivity contribution in [3.8, 4) is 0 Å². The molecule has 2 rings (SSSR count). The molecule has 0 spiro atoms. The van der Waals surface area contributed by atoms with Crippen LogP contribution in [0.25, 0.3) is 0 Å². The first-order valence-corrected chi connectivity index (χ1v) is 3.13. The maximum absolute atomic E-state index is 5.68. The van der Waals surface area contributed by atoms with Crippen molar-refractivity contribution in [3.63, 3.8) is 0 Å². The maximum atomic E-state index is 5.68. The fraction of sp³-hybridized carbons (Fsp3) is 0. The summed E-state index contributed by atoms with van der Waals surface area (Å²) >= 11 is 5.68. The smallest absolute Gasteiger partial charge is 0.156 e. The zero-order chi connectivity index (χ0) is 6.97. The van der Waals surface area contributed by atoms with E-state index < -0.39 is 0 Å². The van der Waals surface area contributed by atoms with Crippen LogP contribution in [0.15, 0.2) is 17.3 Å². The predicted molar refractivity (Wildman–Crippen MR) is 39.2 cm³/mol. The Bertz CT molecular complexity index is 295. The van der Waals surface area contributed by atoms with Crippen LogP contribution >= 0.6 is 11.6 Å². The maximum Gasteiger partial charge on any atom is 0.156 e. The number of fused-ring (bicyclic) bond motifs is 1. The van der Waals surface area contributed by atoms with Crippen molar-refractivity contribution in [2.75, 3.05) is 0 Å². The van der Waals surface area contributed by atoms with Crippen LogP contribution in [-0.2, 0) is 0 Å². The minimum Gasteiger partial charge on any atom is -0.242 e. The van der Waals surface area contributed by atoms with Gasteiger partial charge in [-0.15, -0.1) is 0 Å². The number of aliphatic imine (C=N–C) groups is 1. The molecule has 1 radical (unpaired) electrons. The molecule has 4 heteroatoms. The molecule has 0 N–H and O–H groups in total. The van der Waals surface area contributed by atoms with Gasteiger partial charge < -0.3 is 0 Å². The minimum absolute atomic E-state index is 0.412. The highest BCUT2D eigenvalue weighted by Gasteiger charge is 2.10. The Morgan fingerprint density at radius 2 is 2.30 bits per heavy atom. The van der Waals surface area contributed by atoms with Crippen molar-refractivity contribution in [2.45, 2.75) is 0 Å². The molecule has 0 saturated carbocycles. The number of nitrogens with zero attached hydrogens (tertiary/aromatic N) is 3. The molecule has 2 heterocycles. The van der Waals surface area contributed by atoms with E-state index in [9.17, 15) is 0 Å². The molecule has 0 unspecified atom stereocenters. The largest absolute Gasteiger partial charge is 0.242 e. The summed E-state index contributed by atoms with van der Waals surface area (Å²) in [5.74, 6) is 0. The van der Waals surface area contributed by atoms with E-state index in [2.05, 4.69) is 15.3 Å². The average Bonchev–Trinajstić information content (AvgIpc) is 2.36. The van der Waals surface area contributed by atoms with E-state index in [-0.39, 0.29) is 0 Å². The van der Waals surface area contributed by atoms with E-state index in [1.165, 1.54) is 6.34 Å². The summed E-state index contributed by atoms with van der Waals surface area (Å²) in [6, 6.07) is 1.77. The lowest BCUT2D eigenvalue weighted by Crippen LogP contribution is -1.84. The molecule has 0 amide bonds. The monoisotopic (exact) mass is 152 g/mol. The number of halogens is 1. The van der Waals surface area contributed by atoms with E-state index in [1.54, 1.807) is 12.3 Å². The second kappa shape index (κ2) is 1.95. The molecular formula is C6H3ClN3. The quantitative estimate of drug-likeness (QED) is 0.521. The highest BCUT2D eigenvalue weighted by molar-refractivity contribution is 6.32. The molecule has 0 fully saturated rings. The SMILES string of the molecule is Clc1nccc2c1N=C[N]2. The lowest BCUT2D eigenvalue weighted by atomic mass is 10.4. The van der Waals surface area contributed by atoms with Gasteiger partial charge in [0.15, 0.2) is 5.15 Å². The lowest BCUT2D eigenvalue weighted by molar-refractivity contribution is 1.28. The Hall–Kier alpha value is -1.09. The second-order valence-corrected chi connectivity index (χ2v) is 2.20. The van der Waals surface area contributed by atoms with Crippen molar-refractivity contribution in [3.05, 3.63) is 17.4 Å². The van der Waals surface area contributed by atoms with Crippen molar-refractivity contribution in [1.82, 2.24) is 10.3 Å². The molecular weight excluding hydrogens is 150 g/mol. The zero-order valence-corrected chi connectivity index (χ0v) is 5.71. The molecule has 49 valence electrons. The molecule has 1 aliphatic rings. The lowest BCUT2D eigenvalue weighted by Gasteiger charge is -1.94. The number of rotatable bonds is 0. The van der Waals surface area contributed by atoms with Gasteiger partial charge in [-0.05, 0) is 6.07 Å². The summed E-state index contributed by atoms with van der Waals surface area (Å²) < 4.78 is 0. The first-order chi connectivity index (χ1) is 4.88. The van der Waals surface area contributed by atoms with Crippen molar-refractivity contribution >= 4 is 29.3 Å². The standard InChI is InChI=1S/C6H3ClN3/c7-6-5-4(1-2-8-6)9-3-10-5/h1-3H. The second-order valence-electron chi connectivity index (χ2n) is 1.84. The van der Waals surface area contributed by atoms with Gasteiger partial charge >= 0.3 is 0 Å². The van der Waals surface area contributed by atoms with Crippen LogP contribution in [0.1, 0.15) is 0 Å². The summed E-state index contributed by atoms with van der Waals surface area (Å²) in [5, 5.41) is 4.36. The molecule has 1 aromatic rings. The topological polar surface area (TPSA) is 39.4 Å². The van der Waals surface area contributed by atoms with Gasteiger partial charge in [0.2, 0.25) is 0 Å². The first kappa shape index (κ1) is 5.68. The zero-order valence-electron chi connectivity index (χ0n) is 4.95. The summed E-state index contributed by atoms with van der Waals surface area (Å²) in [4.78, 5) is 7.76. The van der Waals surface area contributed by atoms with Crippen molar-refractivity contribution < 1.29 is 0 Å². The molecule has 1 aromatic heterocycles. The van der Waals surface area contributed by atoms with Gasteiger partial charge in [-0.3, -0.25) is 0 Å². The fourth-order valence-corrected chi connectivity index (χ4v) is 0.993. The summed E-state index contributed by atoms with van der Waals surface area (Å²) in [5.41, 5.74) is 1.46. The number of hydrogen-bond acceptors (Lipinski definition) is 2. The Labute approximate surface area is 62.8 Å². The molecule has 0 saturated heterocycles. The van der Waals surface area contributed by atoms with Crippen molar-refractivity contribution in [1.29, 1.82) is 0 Å². The normalized spacial score (nSPS) is 12.9. The van der Waals surface area contributed by atoms with Crippen LogP contribution in [0.5, 0.6) is 0 Å². The first-order valence-electron chi connectivity index (χ1n) is 2.76. The van der Waals surface area contributed by atoms with Crippen molar-refractivity contribution in [2.24, 2.45) is 4.99 Å². The minimum atomic E-state index is 0.412. The van der Waals surface area contributed by atoms with Gasteiger partial charge in [-0.25, -0.2) is 15.3 Å². The number of hydrogen-bond donors (Lipinski definition) is 0. The number of pyridine rings is 1. The Kier molecular flexibility index (Phi) is 1.11.